The minimum absolute atomic E-state index is 0.526. The molecule has 1 aliphatic carbocycles. The third-order valence-corrected chi connectivity index (χ3v) is 6.13. The number of carboxylic acids is 1. The van der Waals surface area contributed by atoms with Gasteiger partial charge in [-0.2, -0.15) is 0 Å². The molecule has 0 saturated carbocycles. The van der Waals surface area contributed by atoms with Crippen LogP contribution in [0, 0.1) is 12.3 Å². The van der Waals surface area contributed by atoms with E-state index in [1.807, 2.05) is 13.8 Å². The molecule has 0 spiro atoms. The van der Waals surface area contributed by atoms with Gasteiger partial charge in [-0.05, 0) is 45.1 Å². The molecule has 0 amide bonds. The van der Waals surface area contributed by atoms with Gasteiger partial charge in [0.1, 0.15) is 16.5 Å². The van der Waals surface area contributed by atoms with Gasteiger partial charge < -0.3 is 10.0 Å². The molecule has 1 saturated heterocycles. The Morgan fingerprint density at radius 1 is 1.36 bits per heavy atom. The van der Waals surface area contributed by atoms with Gasteiger partial charge in [-0.15, -0.1) is 11.3 Å². The molecule has 1 N–H and O–H groups in total. The van der Waals surface area contributed by atoms with Crippen LogP contribution in [-0.4, -0.2) is 34.1 Å². The molecule has 4 rings (SSSR count). The van der Waals surface area contributed by atoms with Crippen molar-refractivity contribution in [3.63, 3.8) is 0 Å². The zero-order valence-electron chi connectivity index (χ0n) is 12.8. The molecule has 2 aromatic heterocycles. The van der Waals surface area contributed by atoms with Crippen LogP contribution in [0.2, 0.25) is 0 Å². The van der Waals surface area contributed by atoms with Gasteiger partial charge >= 0.3 is 5.97 Å². The summed E-state index contributed by atoms with van der Waals surface area (Å²) in [4.78, 5) is 25.5. The summed E-state index contributed by atoms with van der Waals surface area (Å²) in [6, 6.07) is 0. The van der Waals surface area contributed by atoms with E-state index in [4.69, 9.17) is 0 Å². The Morgan fingerprint density at radius 2 is 2.18 bits per heavy atom. The van der Waals surface area contributed by atoms with Crippen molar-refractivity contribution in [3.8, 4) is 0 Å². The molecule has 1 unspecified atom stereocenters. The fourth-order valence-electron chi connectivity index (χ4n) is 3.63. The topological polar surface area (TPSA) is 66.3 Å². The summed E-state index contributed by atoms with van der Waals surface area (Å²) in [5, 5.41) is 10.6. The van der Waals surface area contributed by atoms with E-state index >= 15 is 0 Å². The second-order valence-corrected chi connectivity index (χ2v) is 7.75. The van der Waals surface area contributed by atoms with Gasteiger partial charge in [-0.25, -0.2) is 9.97 Å². The number of fused-ring (bicyclic) bond motifs is 3. The molecule has 5 nitrogen and oxygen atoms in total. The number of thiophene rings is 1. The Balaban J connectivity index is 1.84. The van der Waals surface area contributed by atoms with Crippen LogP contribution in [0.3, 0.4) is 0 Å². The number of nitrogens with zero attached hydrogens (tertiary/aromatic N) is 3. The van der Waals surface area contributed by atoms with Gasteiger partial charge in [-0.3, -0.25) is 4.79 Å². The second kappa shape index (κ2) is 4.65. The first-order valence-corrected chi connectivity index (χ1v) is 8.57. The molecule has 116 valence electrons. The van der Waals surface area contributed by atoms with E-state index < -0.39 is 11.4 Å². The fourth-order valence-corrected chi connectivity index (χ4v) is 4.93. The summed E-state index contributed by atoms with van der Waals surface area (Å²) in [5.74, 6) is 1.01. The van der Waals surface area contributed by atoms with E-state index in [0.717, 1.165) is 35.9 Å². The molecule has 3 heterocycles. The van der Waals surface area contributed by atoms with Gasteiger partial charge in [0.15, 0.2) is 0 Å². The van der Waals surface area contributed by atoms with E-state index in [2.05, 4.69) is 14.9 Å². The number of carbonyl (C=O) groups is 1. The van der Waals surface area contributed by atoms with E-state index in [1.54, 1.807) is 11.3 Å². The predicted octanol–water partition coefficient (Wildman–Crippen LogP) is 2.79. The second-order valence-electron chi connectivity index (χ2n) is 6.67. The Bertz CT molecular complexity index is 785. The third-order valence-electron chi connectivity index (χ3n) is 4.95. The lowest BCUT2D eigenvalue weighted by atomic mass is 9.90. The third kappa shape index (κ3) is 1.93. The predicted molar refractivity (Wildman–Crippen MR) is 86.7 cm³/mol. The number of aromatic nitrogens is 2. The number of rotatable bonds is 2. The fraction of sp³-hybridized carbons (Fsp3) is 0.562. The zero-order valence-corrected chi connectivity index (χ0v) is 13.7. The van der Waals surface area contributed by atoms with Crippen molar-refractivity contribution in [3.05, 3.63) is 16.3 Å². The van der Waals surface area contributed by atoms with Crippen LogP contribution >= 0.6 is 11.3 Å². The monoisotopic (exact) mass is 317 g/mol. The van der Waals surface area contributed by atoms with Crippen molar-refractivity contribution in [1.82, 2.24) is 9.97 Å². The highest BCUT2D eigenvalue weighted by Gasteiger charge is 2.41. The zero-order chi connectivity index (χ0) is 15.5. The first-order valence-electron chi connectivity index (χ1n) is 7.75. The van der Waals surface area contributed by atoms with Crippen molar-refractivity contribution in [1.29, 1.82) is 0 Å². The van der Waals surface area contributed by atoms with Gasteiger partial charge in [0, 0.05) is 18.0 Å². The van der Waals surface area contributed by atoms with Gasteiger partial charge in [-0.1, -0.05) is 0 Å². The lowest BCUT2D eigenvalue weighted by Gasteiger charge is -2.22. The summed E-state index contributed by atoms with van der Waals surface area (Å²) in [6.45, 7) is 5.02. The van der Waals surface area contributed by atoms with Crippen LogP contribution in [0.4, 0.5) is 5.82 Å². The molecule has 0 radical (unpaired) electrons. The number of hydrogen-bond acceptors (Lipinski definition) is 5. The summed E-state index contributed by atoms with van der Waals surface area (Å²) < 4.78 is 0. The van der Waals surface area contributed by atoms with E-state index in [9.17, 15) is 9.90 Å². The number of hydrogen-bond donors (Lipinski definition) is 1. The Kier molecular flexibility index (Phi) is 2.95. The quantitative estimate of drug-likeness (QED) is 0.922. The van der Waals surface area contributed by atoms with Gasteiger partial charge in [0.2, 0.25) is 0 Å². The van der Waals surface area contributed by atoms with E-state index in [1.165, 1.54) is 22.2 Å². The number of carboxylic acid groups (broad SMARTS) is 1. The van der Waals surface area contributed by atoms with Crippen molar-refractivity contribution in [2.45, 2.75) is 39.5 Å². The van der Waals surface area contributed by atoms with Gasteiger partial charge in [0.05, 0.1) is 10.8 Å². The minimum Gasteiger partial charge on any atom is -0.481 e. The Labute approximate surface area is 133 Å². The van der Waals surface area contributed by atoms with E-state index in [0.29, 0.717) is 13.0 Å². The standard InChI is InChI=1S/C16H19N3O2S/c1-9-17-13(19-7-6-16(2,8-19)15(20)21)12-10-4-3-5-11(10)22-14(12)18-9/h3-8H2,1-2H3,(H,20,21). The molecule has 1 fully saturated rings. The van der Waals surface area contributed by atoms with Crippen LogP contribution in [0.1, 0.15) is 36.0 Å². The SMILES string of the molecule is Cc1nc(N2CCC(C)(C(=O)O)C2)c2c3c(sc2n1)CCC3. The lowest BCUT2D eigenvalue weighted by molar-refractivity contribution is -0.146. The average molecular weight is 317 g/mol. The summed E-state index contributed by atoms with van der Waals surface area (Å²) in [5.41, 5.74) is 0.726. The van der Waals surface area contributed by atoms with Crippen LogP contribution < -0.4 is 4.90 Å². The highest BCUT2D eigenvalue weighted by Crippen LogP contribution is 2.42. The van der Waals surface area contributed by atoms with Gasteiger partial charge in [0.25, 0.3) is 0 Å². The maximum absolute atomic E-state index is 11.5. The molecule has 2 aromatic rings. The Hall–Kier alpha value is -1.69. The van der Waals surface area contributed by atoms with Crippen molar-refractivity contribution in [2.75, 3.05) is 18.0 Å². The number of anilines is 1. The molecule has 0 aromatic carbocycles. The Morgan fingerprint density at radius 3 is 2.91 bits per heavy atom. The molecule has 22 heavy (non-hydrogen) atoms. The molecule has 1 atom stereocenters. The molecule has 2 aliphatic rings. The maximum atomic E-state index is 11.5. The summed E-state index contributed by atoms with van der Waals surface area (Å²) in [7, 11) is 0. The average Bonchev–Trinajstić information content (AvgIpc) is 3.11. The molecule has 0 bridgehead atoms. The van der Waals surface area contributed by atoms with Crippen LogP contribution in [-0.2, 0) is 17.6 Å². The minimum atomic E-state index is -0.715. The van der Waals surface area contributed by atoms with Crippen LogP contribution in [0.5, 0.6) is 0 Å². The van der Waals surface area contributed by atoms with Crippen molar-refractivity contribution in [2.24, 2.45) is 5.41 Å². The first-order chi connectivity index (χ1) is 10.5. The van der Waals surface area contributed by atoms with Crippen LogP contribution in [0.15, 0.2) is 0 Å². The largest absolute Gasteiger partial charge is 0.481 e. The van der Waals surface area contributed by atoms with E-state index in [-0.39, 0.29) is 0 Å². The number of aliphatic carboxylic acids is 1. The first kappa shape index (κ1) is 13.9. The molecule has 1 aliphatic heterocycles. The normalized spacial score (nSPS) is 24.2. The lowest BCUT2D eigenvalue weighted by Crippen LogP contribution is -2.32. The summed E-state index contributed by atoms with van der Waals surface area (Å²) in [6.07, 6.45) is 4.11. The molecule has 6 heteroatoms. The number of aryl methyl sites for hydroxylation is 3. The maximum Gasteiger partial charge on any atom is 0.311 e. The summed E-state index contributed by atoms with van der Waals surface area (Å²) >= 11 is 1.79. The highest BCUT2D eigenvalue weighted by atomic mass is 32.1. The molecular weight excluding hydrogens is 298 g/mol. The van der Waals surface area contributed by atoms with Crippen molar-refractivity contribution < 1.29 is 9.90 Å². The van der Waals surface area contributed by atoms with Crippen molar-refractivity contribution >= 4 is 33.3 Å². The highest BCUT2D eigenvalue weighted by molar-refractivity contribution is 7.19. The smallest absolute Gasteiger partial charge is 0.311 e. The molecular formula is C16H19N3O2S. The van der Waals surface area contributed by atoms with Crippen LogP contribution in [0.25, 0.3) is 10.2 Å².